The van der Waals surface area contributed by atoms with E-state index in [1.807, 2.05) is 42.5 Å². The summed E-state index contributed by atoms with van der Waals surface area (Å²) in [6.07, 6.45) is 10.8. The zero-order chi connectivity index (χ0) is 24.5. The van der Waals surface area contributed by atoms with Crippen molar-refractivity contribution in [2.24, 2.45) is 5.73 Å². The first kappa shape index (κ1) is 23.0. The van der Waals surface area contributed by atoms with E-state index < -0.39 is 0 Å². The summed E-state index contributed by atoms with van der Waals surface area (Å²) in [6, 6.07) is 19.5. The first-order chi connectivity index (χ1) is 17.7. The minimum Gasteiger partial charge on any atom is -0.457 e. The van der Waals surface area contributed by atoms with Gasteiger partial charge in [-0.15, -0.1) is 0 Å². The SMILES string of the molecule is Nc1ncnc2c1c(-c1ccc(Oc3ccccc3)cc1)cn2[C@H]1CC[C@@H](N2CCC(N)CC2)CC1. The van der Waals surface area contributed by atoms with Crippen molar-refractivity contribution in [1.29, 1.82) is 0 Å². The summed E-state index contributed by atoms with van der Waals surface area (Å²) < 4.78 is 8.33. The number of piperidine rings is 1. The predicted octanol–water partition coefficient (Wildman–Crippen LogP) is 5.38. The molecular formula is C29H34N6O. The summed E-state index contributed by atoms with van der Waals surface area (Å²) in [7, 11) is 0. The number of aromatic nitrogens is 3. The first-order valence-corrected chi connectivity index (χ1v) is 13.1. The Balaban J connectivity index is 1.24. The Bertz CT molecular complexity index is 1300. The number of likely N-dealkylation sites (tertiary alicyclic amines) is 1. The molecule has 2 aromatic carbocycles. The molecule has 4 N–H and O–H groups in total. The molecule has 0 radical (unpaired) electrons. The molecule has 2 fully saturated rings. The average Bonchev–Trinajstić information content (AvgIpc) is 3.31. The number of benzene rings is 2. The van der Waals surface area contributed by atoms with Gasteiger partial charge in [-0.1, -0.05) is 30.3 Å². The van der Waals surface area contributed by atoms with E-state index in [9.17, 15) is 0 Å². The Kier molecular flexibility index (Phi) is 6.34. The Morgan fingerprint density at radius 2 is 1.44 bits per heavy atom. The van der Waals surface area contributed by atoms with Crippen LogP contribution in [0.4, 0.5) is 5.82 Å². The number of para-hydroxylation sites is 1. The van der Waals surface area contributed by atoms with Crippen LogP contribution in [-0.2, 0) is 0 Å². The van der Waals surface area contributed by atoms with E-state index in [1.165, 1.54) is 12.8 Å². The lowest BCUT2D eigenvalue weighted by atomic mass is 9.88. The van der Waals surface area contributed by atoms with Crippen molar-refractivity contribution in [1.82, 2.24) is 19.4 Å². The first-order valence-electron chi connectivity index (χ1n) is 13.1. The normalized spacial score (nSPS) is 21.6. The third-order valence-electron chi connectivity index (χ3n) is 7.93. The molecule has 2 aromatic heterocycles. The van der Waals surface area contributed by atoms with Crippen molar-refractivity contribution >= 4 is 16.9 Å². The summed E-state index contributed by atoms with van der Waals surface area (Å²) in [5.74, 6) is 2.15. The van der Waals surface area contributed by atoms with Gasteiger partial charge in [-0.2, -0.15) is 0 Å². The molecule has 36 heavy (non-hydrogen) atoms. The minimum atomic E-state index is 0.381. The predicted molar refractivity (Wildman–Crippen MR) is 144 cm³/mol. The summed E-state index contributed by atoms with van der Waals surface area (Å²) in [5.41, 5.74) is 15.6. The van der Waals surface area contributed by atoms with Crippen molar-refractivity contribution in [3.05, 3.63) is 67.1 Å². The number of fused-ring (bicyclic) bond motifs is 1. The van der Waals surface area contributed by atoms with Gasteiger partial charge in [-0.25, -0.2) is 9.97 Å². The molecule has 4 aromatic rings. The molecule has 0 atom stereocenters. The van der Waals surface area contributed by atoms with Gasteiger partial charge in [0.25, 0.3) is 0 Å². The van der Waals surface area contributed by atoms with Gasteiger partial charge < -0.3 is 25.7 Å². The van der Waals surface area contributed by atoms with E-state index in [-0.39, 0.29) is 0 Å². The van der Waals surface area contributed by atoms with Crippen LogP contribution >= 0.6 is 0 Å². The van der Waals surface area contributed by atoms with E-state index in [2.05, 4.69) is 37.8 Å². The van der Waals surface area contributed by atoms with Gasteiger partial charge >= 0.3 is 0 Å². The molecule has 186 valence electrons. The van der Waals surface area contributed by atoms with Gasteiger partial charge in [-0.3, -0.25) is 0 Å². The topological polar surface area (TPSA) is 95.2 Å². The van der Waals surface area contributed by atoms with Crippen LogP contribution in [0.25, 0.3) is 22.2 Å². The van der Waals surface area contributed by atoms with E-state index in [1.54, 1.807) is 6.33 Å². The molecule has 0 amide bonds. The van der Waals surface area contributed by atoms with Gasteiger partial charge in [-0.05, 0) is 81.4 Å². The second kappa shape index (κ2) is 9.91. The number of nitrogen functional groups attached to an aromatic ring is 1. The second-order valence-corrected chi connectivity index (χ2v) is 10.2. The van der Waals surface area contributed by atoms with Crippen LogP contribution in [0, 0.1) is 0 Å². The molecule has 0 unspecified atom stereocenters. The molecular weight excluding hydrogens is 448 g/mol. The molecule has 2 aliphatic rings. The Labute approximate surface area is 212 Å². The largest absolute Gasteiger partial charge is 0.457 e. The van der Waals surface area contributed by atoms with Crippen molar-refractivity contribution < 1.29 is 4.74 Å². The summed E-state index contributed by atoms with van der Waals surface area (Å²) >= 11 is 0. The zero-order valence-corrected chi connectivity index (χ0v) is 20.6. The number of ether oxygens (including phenoxy) is 1. The summed E-state index contributed by atoms with van der Waals surface area (Å²) in [6.45, 7) is 2.28. The summed E-state index contributed by atoms with van der Waals surface area (Å²) in [5, 5.41) is 0.932. The van der Waals surface area contributed by atoms with Crippen molar-refractivity contribution in [2.45, 2.75) is 56.7 Å². The molecule has 6 rings (SSSR count). The maximum absolute atomic E-state index is 6.39. The van der Waals surface area contributed by atoms with Crippen LogP contribution in [0.2, 0.25) is 0 Å². The van der Waals surface area contributed by atoms with Gasteiger partial charge in [0.2, 0.25) is 0 Å². The van der Waals surface area contributed by atoms with E-state index in [4.69, 9.17) is 16.2 Å². The van der Waals surface area contributed by atoms with Crippen LogP contribution in [-0.4, -0.2) is 44.6 Å². The number of rotatable bonds is 5. The fourth-order valence-electron chi connectivity index (χ4n) is 5.92. The highest BCUT2D eigenvalue weighted by Crippen LogP contribution is 2.39. The molecule has 0 bridgehead atoms. The lowest BCUT2D eigenvalue weighted by molar-refractivity contribution is 0.110. The lowest BCUT2D eigenvalue weighted by Gasteiger charge is -2.40. The van der Waals surface area contributed by atoms with Crippen LogP contribution < -0.4 is 16.2 Å². The van der Waals surface area contributed by atoms with E-state index in [0.29, 0.717) is 23.9 Å². The van der Waals surface area contributed by atoms with Gasteiger partial charge in [0, 0.05) is 29.9 Å². The van der Waals surface area contributed by atoms with Crippen molar-refractivity contribution in [3.63, 3.8) is 0 Å². The van der Waals surface area contributed by atoms with Gasteiger partial charge in [0.15, 0.2) is 0 Å². The maximum Gasteiger partial charge on any atom is 0.146 e. The highest BCUT2D eigenvalue weighted by molar-refractivity contribution is 6.00. The molecule has 1 saturated heterocycles. The van der Waals surface area contributed by atoms with E-state index in [0.717, 1.165) is 72.4 Å². The Morgan fingerprint density at radius 1 is 0.778 bits per heavy atom. The summed E-state index contributed by atoms with van der Waals surface area (Å²) in [4.78, 5) is 11.7. The molecule has 7 heteroatoms. The Hall–Kier alpha value is -3.42. The smallest absolute Gasteiger partial charge is 0.146 e. The highest BCUT2D eigenvalue weighted by atomic mass is 16.5. The molecule has 3 heterocycles. The molecule has 1 aliphatic carbocycles. The monoisotopic (exact) mass is 482 g/mol. The molecule has 1 aliphatic heterocycles. The standard InChI is InChI=1S/C29H34N6O/c30-21-14-16-34(17-15-21)22-8-10-23(11-9-22)35-18-26(27-28(31)32-19-33-29(27)35)20-6-12-25(13-7-20)36-24-4-2-1-3-5-24/h1-7,12-13,18-19,21-23H,8-11,14-17,30H2,(H2,31,32,33)/t22-,23+. The van der Waals surface area contributed by atoms with E-state index >= 15 is 0 Å². The van der Waals surface area contributed by atoms with Crippen molar-refractivity contribution in [3.8, 4) is 22.6 Å². The highest BCUT2D eigenvalue weighted by Gasteiger charge is 2.30. The number of nitrogens with two attached hydrogens (primary N) is 2. The van der Waals surface area contributed by atoms with Crippen LogP contribution in [0.5, 0.6) is 11.5 Å². The molecule has 0 spiro atoms. The fraction of sp³-hybridized carbons (Fsp3) is 0.379. The number of nitrogens with zero attached hydrogens (tertiary/aromatic N) is 4. The molecule has 1 saturated carbocycles. The van der Waals surface area contributed by atoms with Crippen LogP contribution in [0.15, 0.2) is 67.1 Å². The number of hydrogen-bond donors (Lipinski definition) is 2. The second-order valence-electron chi connectivity index (χ2n) is 10.2. The maximum atomic E-state index is 6.39. The average molecular weight is 483 g/mol. The van der Waals surface area contributed by atoms with Gasteiger partial charge in [0.05, 0.1) is 5.39 Å². The lowest BCUT2D eigenvalue weighted by Crippen LogP contribution is -2.46. The van der Waals surface area contributed by atoms with Crippen LogP contribution in [0.3, 0.4) is 0 Å². The fourth-order valence-corrected chi connectivity index (χ4v) is 5.92. The van der Waals surface area contributed by atoms with Gasteiger partial charge in [0.1, 0.15) is 29.3 Å². The zero-order valence-electron chi connectivity index (χ0n) is 20.6. The van der Waals surface area contributed by atoms with Crippen LogP contribution in [0.1, 0.15) is 44.6 Å². The van der Waals surface area contributed by atoms with Crippen molar-refractivity contribution in [2.75, 3.05) is 18.8 Å². The minimum absolute atomic E-state index is 0.381. The third kappa shape index (κ3) is 4.56. The molecule has 7 nitrogen and oxygen atoms in total. The third-order valence-corrected chi connectivity index (χ3v) is 7.93. The quantitative estimate of drug-likeness (QED) is 0.397. The number of anilines is 1. The Morgan fingerprint density at radius 3 is 2.17 bits per heavy atom. The number of hydrogen-bond acceptors (Lipinski definition) is 6.